The number of ketones is 1. The normalized spacial score (nSPS) is 14.7. The van der Waals surface area contributed by atoms with Gasteiger partial charge in [0, 0.05) is 34.6 Å². The zero-order valence-corrected chi connectivity index (χ0v) is 18.7. The topological polar surface area (TPSA) is 68.2 Å². The molecule has 4 rings (SSSR count). The number of amides is 1. The molecule has 1 aliphatic rings. The number of fused-ring (bicyclic) bond motifs is 1. The number of Topliss-reactive ketones (excluding diaryl/α,β-unsaturated/α-hetero) is 1. The molecule has 0 unspecified atom stereocenters. The number of rotatable bonds is 3. The lowest BCUT2D eigenvalue weighted by atomic mass is 9.73. The van der Waals surface area contributed by atoms with E-state index < -0.39 is 17.3 Å². The van der Waals surface area contributed by atoms with Crippen molar-refractivity contribution in [1.82, 2.24) is 4.57 Å². The molecule has 3 aromatic rings. The summed E-state index contributed by atoms with van der Waals surface area (Å²) in [5.41, 5.74) is 1.24. The third-order valence-corrected chi connectivity index (χ3v) is 6.17. The van der Waals surface area contributed by atoms with E-state index in [4.69, 9.17) is 11.6 Å². The molecule has 1 heterocycles. The fraction of sp³-hybridized carbons (Fsp3) is 0.240. The molecule has 2 aromatic carbocycles. The highest BCUT2D eigenvalue weighted by atomic mass is 35.5. The van der Waals surface area contributed by atoms with E-state index in [9.17, 15) is 18.8 Å². The molecular formula is C25H22ClFN2O3. The molecule has 7 heteroatoms. The van der Waals surface area contributed by atoms with Crippen molar-refractivity contribution in [2.45, 2.75) is 33.6 Å². The summed E-state index contributed by atoms with van der Waals surface area (Å²) in [5.74, 6) is -1.20. The number of aromatic nitrogens is 1. The van der Waals surface area contributed by atoms with Crippen LogP contribution in [-0.4, -0.2) is 16.3 Å². The van der Waals surface area contributed by atoms with Crippen LogP contribution >= 0.6 is 11.6 Å². The first-order valence-corrected chi connectivity index (χ1v) is 10.6. The maximum Gasteiger partial charge on any atom is 0.268 e. The smallest absolute Gasteiger partial charge is 0.268 e. The van der Waals surface area contributed by atoms with Crippen LogP contribution in [-0.2, 0) is 6.42 Å². The minimum atomic E-state index is -0.612. The summed E-state index contributed by atoms with van der Waals surface area (Å²) in [6.45, 7) is 5.63. The molecule has 0 bridgehead atoms. The highest BCUT2D eigenvalue weighted by Crippen LogP contribution is 2.36. The van der Waals surface area contributed by atoms with Crippen molar-refractivity contribution >= 4 is 29.0 Å². The van der Waals surface area contributed by atoms with Crippen molar-refractivity contribution in [3.05, 3.63) is 92.1 Å². The van der Waals surface area contributed by atoms with Crippen LogP contribution in [0.1, 0.15) is 52.1 Å². The molecule has 164 valence electrons. The molecule has 5 nitrogen and oxygen atoms in total. The number of carbonyl (C=O) groups excluding carboxylic acids is 2. The number of benzene rings is 2. The Balaban J connectivity index is 1.92. The zero-order chi connectivity index (χ0) is 23.2. The van der Waals surface area contributed by atoms with E-state index in [-0.39, 0.29) is 16.8 Å². The highest BCUT2D eigenvalue weighted by molar-refractivity contribution is 6.31. The van der Waals surface area contributed by atoms with Gasteiger partial charge >= 0.3 is 0 Å². The van der Waals surface area contributed by atoms with Gasteiger partial charge in [-0.2, -0.15) is 0 Å². The van der Waals surface area contributed by atoms with Gasteiger partial charge in [0.1, 0.15) is 11.4 Å². The Hall–Kier alpha value is -3.25. The fourth-order valence-corrected chi connectivity index (χ4v) is 4.27. The third-order valence-electron chi connectivity index (χ3n) is 5.76. The maximum atomic E-state index is 13.5. The SMILES string of the molecule is Cc1c(Cl)cccc1NC(=O)c1c2c(cn(-c3ccc(F)cc3)c1=O)C(=O)CC(C)(C)C2. The monoisotopic (exact) mass is 452 g/mol. The summed E-state index contributed by atoms with van der Waals surface area (Å²) >= 11 is 6.17. The summed E-state index contributed by atoms with van der Waals surface area (Å²) < 4.78 is 14.7. The lowest BCUT2D eigenvalue weighted by molar-refractivity contribution is 0.0910. The van der Waals surface area contributed by atoms with Gasteiger partial charge in [-0.05, 0) is 66.3 Å². The van der Waals surface area contributed by atoms with Crippen molar-refractivity contribution in [1.29, 1.82) is 0 Å². The lowest BCUT2D eigenvalue weighted by Gasteiger charge is -2.31. The first-order chi connectivity index (χ1) is 15.1. The van der Waals surface area contributed by atoms with Crippen LogP contribution in [0.3, 0.4) is 0 Å². The number of nitrogens with zero attached hydrogens (tertiary/aromatic N) is 1. The van der Waals surface area contributed by atoms with Crippen molar-refractivity contribution in [3.8, 4) is 5.69 Å². The molecule has 0 spiro atoms. The molecule has 32 heavy (non-hydrogen) atoms. The summed E-state index contributed by atoms with van der Waals surface area (Å²) in [5, 5.41) is 3.26. The summed E-state index contributed by atoms with van der Waals surface area (Å²) in [6, 6.07) is 10.4. The van der Waals surface area contributed by atoms with Gasteiger partial charge in [-0.15, -0.1) is 0 Å². The molecule has 0 atom stereocenters. The fourth-order valence-electron chi connectivity index (χ4n) is 4.10. The van der Waals surface area contributed by atoms with Crippen molar-refractivity contribution in [3.63, 3.8) is 0 Å². The molecule has 1 aliphatic carbocycles. The van der Waals surface area contributed by atoms with Crippen molar-refractivity contribution in [2.75, 3.05) is 5.32 Å². The van der Waals surface area contributed by atoms with Crippen molar-refractivity contribution < 1.29 is 14.0 Å². The van der Waals surface area contributed by atoms with Crippen LogP contribution in [0.5, 0.6) is 0 Å². The number of hydrogen-bond acceptors (Lipinski definition) is 3. The van der Waals surface area contributed by atoms with E-state index in [1.165, 1.54) is 35.0 Å². The molecule has 0 saturated carbocycles. The van der Waals surface area contributed by atoms with E-state index >= 15 is 0 Å². The second kappa shape index (κ2) is 8.02. The number of pyridine rings is 1. The van der Waals surface area contributed by atoms with Crippen molar-refractivity contribution in [2.24, 2.45) is 5.41 Å². The number of nitrogens with one attached hydrogen (secondary N) is 1. The Morgan fingerprint density at radius 2 is 1.78 bits per heavy atom. The van der Waals surface area contributed by atoms with E-state index in [2.05, 4.69) is 5.32 Å². The third kappa shape index (κ3) is 3.98. The van der Waals surface area contributed by atoms with Crippen LogP contribution in [0.25, 0.3) is 5.69 Å². The van der Waals surface area contributed by atoms with Gasteiger partial charge in [-0.25, -0.2) is 4.39 Å². The van der Waals surface area contributed by atoms with Crippen LogP contribution < -0.4 is 10.9 Å². The molecular weight excluding hydrogens is 431 g/mol. The van der Waals surface area contributed by atoms with Gasteiger partial charge < -0.3 is 5.32 Å². The summed E-state index contributed by atoms with van der Waals surface area (Å²) in [7, 11) is 0. The number of carbonyl (C=O) groups is 2. The Morgan fingerprint density at radius 3 is 2.47 bits per heavy atom. The molecule has 0 radical (unpaired) electrons. The molecule has 0 aliphatic heterocycles. The van der Waals surface area contributed by atoms with Gasteiger partial charge in [0.15, 0.2) is 5.78 Å². The number of hydrogen-bond donors (Lipinski definition) is 1. The standard InChI is InChI=1S/C25H22ClFN2O3/c1-14-19(26)5-4-6-20(14)28-23(31)22-17-11-25(2,3)12-21(30)18(17)13-29(24(22)32)16-9-7-15(27)8-10-16/h4-10,13H,11-12H2,1-3H3,(H,28,31). The lowest BCUT2D eigenvalue weighted by Crippen LogP contribution is -2.37. The summed E-state index contributed by atoms with van der Waals surface area (Å²) in [4.78, 5) is 39.8. The van der Waals surface area contributed by atoms with Gasteiger partial charge in [0.2, 0.25) is 0 Å². The average molecular weight is 453 g/mol. The Morgan fingerprint density at radius 1 is 1.09 bits per heavy atom. The predicted octanol–water partition coefficient (Wildman–Crippen LogP) is 5.35. The Bertz CT molecular complexity index is 1310. The van der Waals surface area contributed by atoms with Gasteiger partial charge in [0.05, 0.1) is 0 Å². The average Bonchev–Trinajstić information content (AvgIpc) is 2.71. The van der Waals surface area contributed by atoms with E-state index in [0.717, 1.165) is 0 Å². The quantitative estimate of drug-likeness (QED) is 0.582. The maximum absolute atomic E-state index is 13.5. The molecule has 1 amide bonds. The molecule has 0 fully saturated rings. The van der Waals surface area contributed by atoms with Crippen LogP contribution in [0, 0.1) is 18.2 Å². The predicted molar refractivity (Wildman–Crippen MR) is 123 cm³/mol. The van der Waals surface area contributed by atoms with E-state index in [1.807, 2.05) is 13.8 Å². The van der Waals surface area contributed by atoms with E-state index in [1.54, 1.807) is 25.1 Å². The van der Waals surface area contributed by atoms with Crippen LogP contribution in [0.4, 0.5) is 10.1 Å². The second-order valence-corrected chi connectivity index (χ2v) is 9.26. The Labute approximate surface area is 189 Å². The minimum Gasteiger partial charge on any atom is -0.322 e. The van der Waals surface area contributed by atoms with Crippen LogP contribution in [0.2, 0.25) is 5.02 Å². The van der Waals surface area contributed by atoms with Gasteiger partial charge in [-0.1, -0.05) is 31.5 Å². The first-order valence-electron chi connectivity index (χ1n) is 10.2. The number of anilines is 1. The van der Waals surface area contributed by atoms with Gasteiger partial charge in [-0.3, -0.25) is 19.0 Å². The molecule has 0 saturated heterocycles. The molecule has 1 N–H and O–H groups in total. The van der Waals surface area contributed by atoms with E-state index in [0.29, 0.717) is 45.9 Å². The van der Waals surface area contributed by atoms with Gasteiger partial charge in [0.25, 0.3) is 11.5 Å². The largest absolute Gasteiger partial charge is 0.322 e. The Kier molecular flexibility index (Phi) is 5.51. The molecule has 1 aromatic heterocycles. The first kappa shape index (κ1) is 22.0. The summed E-state index contributed by atoms with van der Waals surface area (Å²) in [6.07, 6.45) is 2.17. The minimum absolute atomic E-state index is 0.0904. The zero-order valence-electron chi connectivity index (χ0n) is 18.0. The second-order valence-electron chi connectivity index (χ2n) is 8.86. The van der Waals surface area contributed by atoms with Crippen LogP contribution in [0.15, 0.2) is 53.5 Å². The number of halogens is 2. The highest BCUT2D eigenvalue weighted by Gasteiger charge is 2.36.